The first-order valence-corrected chi connectivity index (χ1v) is 7.25. The number of carbonyl (C=O) groups is 2. The van der Waals surface area contributed by atoms with Gasteiger partial charge in [0.05, 0.1) is 0 Å². The van der Waals surface area contributed by atoms with Gasteiger partial charge < -0.3 is 0 Å². The minimum Gasteiger partial charge on any atom is -0.273 e. The lowest BCUT2D eigenvalue weighted by Crippen LogP contribution is -2.41. The summed E-state index contributed by atoms with van der Waals surface area (Å²) < 4.78 is 0. The van der Waals surface area contributed by atoms with Crippen LogP contribution in [0.15, 0.2) is 24.5 Å². The van der Waals surface area contributed by atoms with Gasteiger partial charge >= 0.3 is 0 Å². The predicted octanol–water partition coefficient (Wildman–Crippen LogP) is 2.20. The number of nitrogens with zero attached hydrogens (tertiary/aromatic N) is 1. The molecule has 0 saturated heterocycles. The van der Waals surface area contributed by atoms with Gasteiger partial charge in [-0.1, -0.05) is 32.1 Å². The van der Waals surface area contributed by atoms with Crippen LogP contribution < -0.4 is 10.9 Å². The van der Waals surface area contributed by atoms with Crippen molar-refractivity contribution in [3.05, 3.63) is 30.1 Å². The Labute approximate surface area is 119 Å². The largest absolute Gasteiger partial charge is 0.273 e. The highest BCUT2D eigenvalue weighted by Crippen LogP contribution is 2.27. The monoisotopic (exact) mass is 275 g/mol. The Balaban J connectivity index is 1.66. The number of rotatable bonds is 4. The molecule has 1 aliphatic carbocycles. The van der Waals surface area contributed by atoms with Gasteiger partial charge in [0.25, 0.3) is 5.91 Å². The lowest BCUT2D eigenvalue weighted by Gasteiger charge is -2.20. The van der Waals surface area contributed by atoms with E-state index >= 15 is 0 Å². The van der Waals surface area contributed by atoms with Crippen LogP contribution in [0.3, 0.4) is 0 Å². The molecule has 0 unspecified atom stereocenters. The molecule has 1 aromatic rings. The van der Waals surface area contributed by atoms with Crippen LogP contribution in [0.25, 0.3) is 0 Å². The van der Waals surface area contributed by atoms with Crippen LogP contribution in [-0.4, -0.2) is 16.8 Å². The van der Waals surface area contributed by atoms with Gasteiger partial charge in [-0.25, -0.2) is 0 Å². The molecule has 0 bridgehead atoms. The zero-order valence-corrected chi connectivity index (χ0v) is 11.6. The van der Waals surface area contributed by atoms with E-state index in [1.54, 1.807) is 24.5 Å². The van der Waals surface area contributed by atoms with E-state index in [2.05, 4.69) is 15.8 Å². The molecule has 1 fully saturated rings. The van der Waals surface area contributed by atoms with Crippen molar-refractivity contribution in [2.24, 2.45) is 5.92 Å². The second-order valence-electron chi connectivity index (χ2n) is 5.28. The topological polar surface area (TPSA) is 71.1 Å². The summed E-state index contributed by atoms with van der Waals surface area (Å²) in [5.74, 6) is 0.224. The third-order valence-electron chi connectivity index (χ3n) is 3.76. The van der Waals surface area contributed by atoms with E-state index in [1.807, 2.05) is 0 Å². The number of amides is 2. The summed E-state index contributed by atoms with van der Waals surface area (Å²) in [5.41, 5.74) is 5.36. The summed E-state index contributed by atoms with van der Waals surface area (Å²) >= 11 is 0. The minimum atomic E-state index is -0.321. The molecule has 5 heteroatoms. The van der Waals surface area contributed by atoms with Crippen LogP contribution in [0, 0.1) is 5.92 Å². The van der Waals surface area contributed by atoms with E-state index < -0.39 is 0 Å². The first-order valence-electron chi connectivity index (χ1n) is 7.25. The third kappa shape index (κ3) is 4.64. The van der Waals surface area contributed by atoms with Gasteiger partial charge in [-0.15, -0.1) is 0 Å². The van der Waals surface area contributed by atoms with Crippen molar-refractivity contribution >= 4 is 11.8 Å². The SMILES string of the molecule is O=C(CCC1CCCCC1)NNC(=O)c1ccncc1. The van der Waals surface area contributed by atoms with Gasteiger partial charge in [0, 0.05) is 24.4 Å². The fourth-order valence-electron chi connectivity index (χ4n) is 2.58. The molecule has 108 valence electrons. The second-order valence-corrected chi connectivity index (χ2v) is 5.28. The highest BCUT2D eigenvalue weighted by molar-refractivity contribution is 5.95. The fourth-order valence-corrected chi connectivity index (χ4v) is 2.58. The van der Waals surface area contributed by atoms with Crippen molar-refractivity contribution < 1.29 is 9.59 Å². The average molecular weight is 275 g/mol. The number of nitrogens with one attached hydrogen (secondary N) is 2. The highest BCUT2D eigenvalue weighted by Gasteiger charge is 2.15. The van der Waals surface area contributed by atoms with E-state index in [1.165, 1.54) is 32.1 Å². The molecule has 1 aromatic heterocycles. The maximum atomic E-state index is 11.7. The Morgan fingerprint density at radius 3 is 2.50 bits per heavy atom. The molecule has 0 aliphatic heterocycles. The molecule has 1 aliphatic rings. The first kappa shape index (κ1) is 14.5. The molecule has 0 radical (unpaired) electrons. The Kier molecular flexibility index (Phi) is 5.53. The summed E-state index contributed by atoms with van der Waals surface area (Å²) in [6.07, 6.45) is 10.8. The van der Waals surface area contributed by atoms with Crippen molar-refractivity contribution in [3.63, 3.8) is 0 Å². The van der Waals surface area contributed by atoms with Crippen molar-refractivity contribution in [3.8, 4) is 0 Å². The van der Waals surface area contributed by atoms with Crippen LogP contribution in [0.1, 0.15) is 55.3 Å². The quantitative estimate of drug-likeness (QED) is 0.828. The summed E-state index contributed by atoms with van der Waals surface area (Å²) in [5, 5.41) is 0. The van der Waals surface area contributed by atoms with Gasteiger partial charge in [0.2, 0.25) is 5.91 Å². The van der Waals surface area contributed by atoms with E-state index in [0.717, 1.165) is 6.42 Å². The van der Waals surface area contributed by atoms with Crippen LogP contribution in [0.5, 0.6) is 0 Å². The highest BCUT2D eigenvalue weighted by atomic mass is 16.2. The van der Waals surface area contributed by atoms with Gasteiger partial charge in [0.15, 0.2) is 0 Å². The summed E-state index contributed by atoms with van der Waals surface area (Å²) in [6.45, 7) is 0. The van der Waals surface area contributed by atoms with Crippen molar-refractivity contribution in [2.45, 2.75) is 44.9 Å². The van der Waals surface area contributed by atoms with Crippen molar-refractivity contribution in [2.75, 3.05) is 0 Å². The molecule has 2 amide bonds. The standard InChI is InChI=1S/C15H21N3O2/c19-14(7-6-12-4-2-1-3-5-12)17-18-15(20)13-8-10-16-11-9-13/h8-12H,1-7H2,(H,17,19)(H,18,20). The van der Waals surface area contributed by atoms with Gasteiger partial charge in [-0.05, 0) is 24.5 Å². The minimum absolute atomic E-state index is 0.127. The predicted molar refractivity (Wildman–Crippen MR) is 75.7 cm³/mol. The molecule has 0 aromatic carbocycles. The van der Waals surface area contributed by atoms with Crippen LogP contribution in [0.4, 0.5) is 0 Å². The van der Waals surface area contributed by atoms with Crippen LogP contribution in [0.2, 0.25) is 0 Å². The number of hydrogen-bond donors (Lipinski definition) is 2. The smallest absolute Gasteiger partial charge is 0.269 e. The Bertz CT molecular complexity index is 442. The summed E-state index contributed by atoms with van der Waals surface area (Å²) in [7, 11) is 0. The molecule has 0 spiro atoms. The Morgan fingerprint density at radius 2 is 1.80 bits per heavy atom. The van der Waals surface area contributed by atoms with E-state index in [0.29, 0.717) is 17.9 Å². The van der Waals surface area contributed by atoms with Gasteiger partial charge in [-0.3, -0.25) is 25.4 Å². The number of carbonyl (C=O) groups excluding carboxylic acids is 2. The number of pyridine rings is 1. The molecule has 0 atom stereocenters. The summed E-state index contributed by atoms with van der Waals surface area (Å²) in [6, 6.07) is 3.20. The zero-order valence-electron chi connectivity index (χ0n) is 11.6. The van der Waals surface area contributed by atoms with Gasteiger partial charge in [0.1, 0.15) is 0 Å². The first-order chi connectivity index (χ1) is 9.75. The lowest BCUT2D eigenvalue weighted by atomic mass is 9.86. The lowest BCUT2D eigenvalue weighted by molar-refractivity contribution is -0.122. The number of aromatic nitrogens is 1. The maximum absolute atomic E-state index is 11.7. The molecule has 2 N–H and O–H groups in total. The molecule has 20 heavy (non-hydrogen) atoms. The number of hydrogen-bond acceptors (Lipinski definition) is 3. The van der Waals surface area contributed by atoms with Crippen molar-refractivity contribution in [1.82, 2.24) is 15.8 Å². The third-order valence-corrected chi connectivity index (χ3v) is 3.76. The maximum Gasteiger partial charge on any atom is 0.269 e. The molecular formula is C15H21N3O2. The molecule has 1 saturated carbocycles. The van der Waals surface area contributed by atoms with E-state index in [4.69, 9.17) is 0 Å². The second kappa shape index (κ2) is 7.62. The fraction of sp³-hybridized carbons (Fsp3) is 0.533. The molecule has 5 nitrogen and oxygen atoms in total. The molecular weight excluding hydrogens is 254 g/mol. The molecule has 1 heterocycles. The van der Waals surface area contributed by atoms with E-state index in [9.17, 15) is 9.59 Å². The summed E-state index contributed by atoms with van der Waals surface area (Å²) in [4.78, 5) is 27.2. The zero-order chi connectivity index (χ0) is 14.2. The Hall–Kier alpha value is -1.91. The average Bonchev–Trinajstić information content (AvgIpc) is 2.52. The normalized spacial score (nSPS) is 15.6. The van der Waals surface area contributed by atoms with Crippen LogP contribution in [-0.2, 0) is 4.79 Å². The van der Waals surface area contributed by atoms with E-state index in [-0.39, 0.29) is 11.8 Å². The Morgan fingerprint density at radius 1 is 1.10 bits per heavy atom. The number of hydrazine groups is 1. The van der Waals surface area contributed by atoms with Crippen LogP contribution >= 0.6 is 0 Å². The van der Waals surface area contributed by atoms with Gasteiger partial charge in [-0.2, -0.15) is 0 Å². The molecule has 2 rings (SSSR count). The van der Waals surface area contributed by atoms with Crippen molar-refractivity contribution in [1.29, 1.82) is 0 Å².